The van der Waals surface area contributed by atoms with Crippen LogP contribution < -0.4 is 5.32 Å². The predicted octanol–water partition coefficient (Wildman–Crippen LogP) is 2.33. The molecule has 0 aromatic heterocycles. The largest absolute Gasteiger partial charge is 0.480 e. The van der Waals surface area contributed by atoms with Gasteiger partial charge < -0.3 is 19.9 Å². The third-order valence-electron chi connectivity index (χ3n) is 2.42. The second-order valence-electron chi connectivity index (χ2n) is 7.23. The minimum absolute atomic E-state index is 0.121. The van der Waals surface area contributed by atoms with Gasteiger partial charge in [0.15, 0.2) is 0 Å². The first-order valence-electron chi connectivity index (χ1n) is 7.15. The lowest BCUT2D eigenvalue weighted by atomic mass is 9.98. The molecule has 0 aliphatic heterocycles. The van der Waals surface area contributed by atoms with Gasteiger partial charge >= 0.3 is 18.0 Å². The quantitative estimate of drug-likeness (QED) is 0.755. The fourth-order valence-corrected chi connectivity index (χ4v) is 1.65. The average Bonchev–Trinajstić information content (AvgIpc) is 2.19. The van der Waals surface area contributed by atoms with Crippen LogP contribution in [-0.2, 0) is 19.1 Å². The number of carboxylic acid groups (broad SMARTS) is 1. The van der Waals surface area contributed by atoms with Gasteiger partial charge in [0, 0.05) is 0 Å². The van der Waals surface area contributed by atoms with E-state index in [4.69, 9.17) is 9.47 Å². The molecule has 7 nitrogen and oxygen atoms in total. The Morgan fingerprint density at radius 1 is 1.00 bits per heavy atom. The molecule has 0 radical (unpaired) electrons. The Bertz CT molecular complexity index is 419. The number of carbonyl (C=O) groups excluding carboxylic acids is 2. The van der Waals surface area contributed by atoms with Crippen LogP contribution in [-0.4, -0.2) is 40.4 Å². The smallest absolute Gasteiger partial charge is 0.408 e. The summed E-state index contributed by atoms with van der Waals surface area (Å²) < 4.78 is 10.2. The number of carbonyl (C=O) groups is 3. The molecule has 7 heteroatoms. The lowest BCUT2D eigenvalue weighted by molar-refractivity contribution is -0.156. The minimum Gasteiger partial charge on any atom is -0.480 e. The van der Waals surface area contributed by atoms with Gasteiger partial charge in [-0.2, -0.15) is 0 Å². The van der Waals surface area contributed by atoms with E-state index in [0.717, 1.165) is 0 Å². The van der Waals surface area contributed by atoms with E-state index in [1.54, 1.807) is 48.5 Å². The summed E-state index contributed by atoms with van der Waals surface area (Å²) in [6, 6.07) is -1.23. The van der Waals surface area contributed by atoms with Gasteiger partial charge in [0.1, 0.15) is 17.2 Å². The van der Waals surface area contributed by atoms with Gasteiger partial charge in [0.2, 0.25) is 0 Å². The first kappa shape index (κ1) is 20.2. The maximum absolute atomic E-state index is 11.8. The summed E-state index contributed by atoms with van der Waals surface area (Å²) in [6.07, 6.45) is -0.958. The molecule has 0 heterocycles. The number of nitrogens with one attached hydrogen (secondary N) is 1. The maximum Gasteiger partial charge on any atom is 0.408 e. The highest BCUT2D eigenvalue weighted by Gasteiger charge is 2.31. The van der Waals surface area contributed by atoms with Crippen molar-refractivity contribution in [2.75, 3.05) is 0 Å². The van der Waals surface area contributed by atoms with Crippen LogP contribution in [0.3, 0.4) is 0 Å². The number of alkyl carbamates (subject to hydrolysis) is 1. The molecule has 1 unspecified atom stereocenters. The van der Waals surface area contributed by atoms with Crippen LogP contribution in [0.4, 0.5) is 4.79 Å². The van der Waals surface area contributed by atoms with Gasteiger partial charge in [0.25, 0.3) is 0 Å². The Morgan fingerprint density at radius 3 is 1.82 bits per heavy atom. The summed E-state index contributed by atoms with van der Waals surface area (Å²) >= 11 is 0. The number of hydrogen-bond donors (Lipinski definition) is 2. The summed E-state index contributed by atoms with van der Waals surface area (Å²) in [5, 5.41) is 11.5. The highest BCUT2D eigenvalue weighted by Crippen LogP contribution is 2.15. The normalized spacial score (nSPS) is 14.7. The number of hydrogen-bond acceptors (Lipinski definition) is 5. The number of esters is 1. The first-order chi connectivity index (χ1) is 9.71. The molecule has 0 rings (SSSR count). The van der Waals surface area contributed by atoms with E-state index in [0.29, 0.717) is 0 Å². The minimum atomic E-state index is -1.23. The Morgan fingerprint density at radius 2 is 1.45 bits per heavy atom. The zero-order chi connectivity index (χ0) is 17.7. The third kappa shape index (κ3) is 9.20. The molecule has 0 fully saturated rings. The molecule has 2 atom stereocenters. The number of amides is 1. The lowest BCUT2D eigenvalue weighted by Gasteiger charge is -2.25. The zero-order valence-electron chi connectivity index (χ0n) is 14.4. The van der Waals surface area contributed by atoms with E-state index in [1.807, 2.05) is 0 Å². The van der Waals surface area contributed by atoms with E-state index < -0.39 is 41.2 Å². The monoisotopic (exact) mass is 317 g/mol. The molecule has 0 aromatic carbocycles. The molecule has 2 N–H and O–H groups in total. The van der Waals surface area contributed by atoms with E-state index >= 15 is 0 Å². The van der Waals surface area contributed by atoms with E-state index in [9.17, 15) is 19.5 Å². The summed E-state index contributed by atoms with van der Waals surface area (Å²) in [6.45, 7) is 11.8. The molecule has 128 valence electrons. The van der Waals surface area contributed by atoms with Crippen molar-refractivity contribution in [1.82, 2.24) is 5.32 Å². The van der Waals surface area contributed by atoms with Gasteiger partial charge in [-0.25, -0.2) is 9.59 Å². The van der Waals surface area contributed by atoms with Crippen molar-refractivity contribution < 1.29 is 29.0 Å². The van der Waals surface area contributed by atoms with Gasteiger partial charge in [0.05, 0.1) is 6.42 Å². The van der Waals surface area contributed by atoms with Crippen molar-refractivity contribution in [3.8, 4) is 0 Å². The van der Waals surface area contributed by atoms with Crippen LogP contribution in [0.5, 0.6) is 0 Å². The van der Waals surface area contributed by atoms with Crippen LogP contribution in [0.25, 0.3) is 0 Å². The van der Waals surface area contributed by atoms with Crippen LogP contribution in [0.15, 0.2) is 0 Å². The summed E-state index contributed by atoms with van der Waals surface area (Å²) in [7, 11) is 0. The Labute approximate surface area is 131 Å². The number of carboxylic acids is 1. The summed E-state index contributed by atoms with van der Waals surface area (Å²) in [5.41, 5.74) is -1.38. The molecule has 0 aliphatic carbocycles. The van der Waals surface area contributed by atoms with E-state index in [2.05, 4.69) is 5.32 Å². The highest BCUT2D eigenvalue weighted by atomic mass is 16.6. The third-order valence-corrected chi connectivity index (χ3v) is 2.42. The van der Waals surface area contributed by atoms with Crippen LogP contribution in [0.2, 0.25) is 0 Å². The fraction of sp³-hybridized carbons (Fsp3) is 0.800. The molecular weight excluding hydrogens is 290 g/mol. The second-order valence-corrected chi connectivity index (χ2v) is 7.23. The highest BCUT2D eigenvalue weighted by molar-refractivity contribution is 5.81. The van der Waals surface area contributed by atoms with E-state index in [-0.39, 0.29) is 6.42 Å². The van der Waals surface area contributed by atoms with Gasteiger partial charge in [-0.3, -0.25) is 4.79 Å². The molecule has 0 saturated carbocycles. The molecule has 1 amide bonds. The molecule has 22 heavy (non-hydrogen) atoms. The predicted molar refractivity (Wildman–Crippen MR) is 80.4 cm³/mol. The van der Waals surface area contributed by atoms with Crippen molar-refractivity contribution >= 4 is 18.0 Å². The van der Waals surface area contributed by atoms with Crippen LogP contribution in [0.1, 0.15) is 54.9 Å². The van der Waals surface area contributed by atoms with Crippen molar-refractivity contribution in [2.45, 2.75) is 72.1 Å². The fourth-order valence-electron chi connectivity index (χ4n) is 1.65. The molecule has 0 saturated heterocycles. The standard InChI is InChI=1S/C15H27NO6/c1-9(8-10(17)21-14(2,3)4)11(12(18)19)16-13(20)22-15(5,6)7/h9,11H,8H2,1-7H3,(H,16,20)(H,18,19)/t9-,11?/m0/s1. The van der Waals surface area contributed by atoms with Gasteiger partial charge in [-0.05, 0) is 47.5 Å². The Hall–Kier alpha value is -1.79. The maximum atomic E-state index is 11.8. The molecular formula is C15H27NO6. The topological polar surface area (TPSA) is 102 Å². The molecule has 0 aromatic rings. The Balaban J connectivity index is 4.72. The number of aliphatic carboxylic acids is 1. The van der Waals surface area contributed by atoms with Gasteiger partial charge in [-0.1, -0.05) is 6.92 Å². The summed E-state index contributed by atoms with van der Waals surface area (Å²) in [4.78, 5) is 34.7. The van der Waals surface area contributed by atoms with Crippen LogP contribution >= 0.6 is 0 Å². The molecule has 0 spiro atoms. The summed E-state index contributed by atoms with van der Waals surface area (Å²) in [5.74, 6) is -2.39. The van der Waals surface area contributed by atoms with Crippen molar-refractivity contribution in [3.05, 3.63) is 0 Å². The lowest BCUT2D eigenvalue weighted by Crippen LogP contribution is -2.47. The number of ether oxygens (including phenoxy) is 2. The van der Waals surface area contributed by atoms with Gasteiger partial charge in [-0.15, -0.1) is 0 Å². The number of rotatable bonds is 5. The van der Waals surface area contributed by atoms with Crippen molar-refractivity contribution in [3.63, 3.8) is 0 Å². The van der Waals surface area contributed by atoms with Crippen molar-refractivity contribution in [2.24, 2.45) is 5.92 Å². The molecule has 0 bridgehead atoms. The molecule has 0 aliphatic rings. The Kier molecular flexibility index (Phi) is 6.86. The average molecular weight is 317 g/mol. The second kappa shape index (κ2) is 7.47. The van der Waals surface area contributed by atoms with Crippen molar-refractivity contribution in [1.29, 1.82) is 0 Å². The SMILES string of the molecule is C[C@@H](CC(=O)OC(C)(C)C)C(NC(=O)OC(C)(C)C)C(=O)O. The van der Waals surface area contributed by atoms with E-state index in [1.165, 1.54) is 0 Å². The van der Waals surface area contributed by atoms with Crippen LogP contribution in [0, 0.1) is 5.92 Å². The first-order valence-corrected chi connectivity index (χ1v) is 7.15. The zero-order valence-corrected chi connectivity index (χ0v) is 14.4.